The zero-order chi connectivity index (χ0) is 21.8. The predicted octanol–water partition coefficient (Wildman–Crippen LogP) is 4.43. The summed E-state index contributed by atoms with van der Waals surface area (Å²) in [7, 11) is 0. The van der Waals surface area contributed by atoms with Gasteiger partial charge in [0, 0.05) is 50.7 Å². The molecule has 3 heterocycles. The predicted molar refractivity (Wildman–Crippen MR) is 126 cm³/mol. The molecule has 0 bridgehead atoms. The molecule has 1 saturated heterocycles. The number of amides is 1. The summed E-state index contributed by atoms with van der Waals surface area (Å²) in [6, 6.07) is 20.8. The highest BCUT2D eigenvalue weighted by Crippen LogP contribution is 2.37. The Balaban J connectivity index is 1.31. The lowest BCUT2D eigenvalue weighted by Crippen LogP contribution is -2.43. The van der Waals surface area contributed by atoms with E-state index in [2.05, 4.69) is 46.0 Å². The lowest BCUT2D eigenvalue weighted by molar-refractivity contribution is 0.0572. The average Bonchev–Trinajstić information content (AvgIpc) is 3.24. The lowest BCUT2D eigenvalue weighted by atomic mass is 9.87. The first kappa shape index (κ1) is 21.0. The van der Waals surface area contributed by atoms with E-state index in [9.17, 15) is 4.79 Å². The van der Waals surface area contributed by atoms with Gasteiger partial charge in [-0.25, -0.2) is 4.98 Å². The van der Waals surface area contributed by atoms with Crippen LogP contribution in [0.15, 0.2) is 73.1 Å². The number of hydrogen-bond acceptors (Lipinski definition) is 3. The molecule has 1 amide bonds. The topological polar surface area (TPSA) is 41.4 Å². The molecule has 1 fully saturated rings. The first-order valence-electron chi connectivity index (χ1n) is 11.9. The molecule has 166 valence electrons. The van der Waals surface area contributed by atoms with E-state index in [0.29, 0.717) is 12.0 Å². The molecule has 2 aliphatic heterocycles. The van der Waals surface area contributed by atoms with Crippen LogP contribution >= 0.6 is 0 Å². The van der Waals surface area contributed by atoms with E-state index in [1.54, 1.807) is 0 Å². The third-order valence-electron chi connectivity index (χ3n) is 7.07. The number of aromatic nitrogens is 2. The Hall–Kier alpha value is -2.92. The molecule has 0 saturated carbocycles. The Bertz CT molecular complexity index is 1010. The average molecular weight is 429 g/mol. The van der Waals surface area contributed by atoms with Gasteiger partial charge < -0.3 is 9.47 Å². The maximum Gasteiger partial charge on any atom is 0.253 e. The maximum absolute atomic E-state index is 12.9. The van der Waals surface area contributed by atoms with Crippen molar-refractivity contribution in [1.82, 2.24) is 19.4 Å². The number of carbonyl (C=O) groups is 1. The monoisotopic (exact) mass is 428 g/mol. The molecule has 32 heavy (non-hydrogen) atoms. The Morgan fingerprint density at radius 3 is 2.38 bits per heavy atom. The highest BCUT2D eigenvalue weighted by Gasteiger charge is 2.36. The standard InChI is InChI=1S/C27H32N4O/c32-27(24-10-5-2-6-11-24)31-19-13-23(14-20-31)25-26-28-15-21-30(26)17-7-16-29(25)18-12-22-8-3-1-4-9-22/h1-6,8-11,15,21,23,25H,7,12-14,16-20H2. The molecule has 0 N–H and O–H groups in total. The van der Waals surface area contributed by atoms with Crippen molar-refractivity contribution in [3.8, 4) is 0 Å². The largest absolute Gasteiger partial charge is 0.339 e. The quantitative estimate of drug-likeness (QED) is 0.604. The minimum absolute atomic E-state index is 0.160. The molecular formula is C27H32N4O. The molecule has 3 aromatic rings. The van der Waals surface area contributed by atoms with E-state index in [4.69, 9.17) is 4.98 Å². The van der Waals surface area contributed by atoms with Gasteiger partial charge in [-0.2, -0.15) is 0 Å². The summed E-state index contributed by atoms with van der Waals surface area (Å²) < 4.78 is 2.36. The first-order chi connectivity index (χ1) is 15.8. The summed E-state index contributed by atoms with van der Waals surface area (Å²) in [6.45, 7) is 4.83. The molecule has 2 aromatic carbocycles. The van der Waals surface area contributed by atoms with Crippen LogP contribution in [-0.2, 0) is 13.0 Å². The zero-order valence-electron chi connectivity index (χ0n) is 18.6. The Morgan fingerprint density at radius 2 is 1.62 bits per heavy atom. The number of rotatable bonds is 5. The van der Waals surface area contributed by atoms with Gasteiger partial charge in [0.15, 0.2) is 0 Å². The second-order valence-electron chi connectivity index (χ2n) is 9.04. The number of imidazole rings is 1. The summed E-state index contributed by atoms with van der Waals surface area (Å²) in [6.07, 6.45) is 8.35. The normalized spacial score (nSPS) is 20.0. The Morgan fingerprint density at radius 1 is 0.906 bits per heavy atom. The van der Waals surface area contributed by atoms with Crippen LogP contribution in [0.3, 0.4) is 0 Å². The van der Waals surface area contributed by atoms with Crippen LogP contribution in [0.5, 0.6) is 0 Å². The van der Waals surface area contributed by atoms with Gasteiger partial charge in [-0.3, -0.25) is 9.69 Å². The van der Waals surface area contributed by atoms with Crippen LogP contribution in [0.25, 0.3) is 0 Å². The SMILES string of the molecule is O=C(c1ccccc1)N1CCC(C2c3nccn3CCCN2CCc2ccccc2)CC1. The highest BCUT2D eigenvalue weighted by atomic mass is 16.2. The van der Waals surface area contributed by atoms with Crippen molar-refractivity contribution in [3.63, 3.8) is 0 Å². The summed E-state index contributed by atoms with van der Waals surface area (Å²) in [5.41, 5.74) is 2.18. The molecule has 5 heteroatoms. The van der Waals surface area contributed by atoms with Crippen molar-refractivity contribution in [2.45, 2.75) is 38.3 Å². The molecule has 0 radical (unpaired) electrons. The molecule has 5 rings (SSSR count). The van der Waals surface area contributed by atoms with Crippen LogP contribution in [0.4, 0.5) is 0 Å². The number of piperidine rings is 1. The zero-order valence-corrected chi connectivity index (χ0v) is 18.6. The maximum atomic E-state index is 12.9. The van der Waals surface area contributed by atoms with Crippen molar-refractivity contribution < 1.29 is 4.79 Å². The molecule has 5 nitrogen and oxygen atoms in total. The molecule has 2 aliphatic rings. The van der Waals surface area contributed by atoms with Crippen LogP contribution in [-0.4, -0.2) is 51.4 Å². The summed E-state index contributed by atoms with van der Waals surface area (Å²) in [4.78, 5) is 22.4. The number of hydrogen-bond donors (Lipinski definition) is 0. The van der Waals surface area contributed by atoms with Gasteiger partial charge in [-0.05, 0) is 49.3 Å². The number of aryl methyl sites for hydroxylation is 1. The number of benzene rings is 2. The van der Waals surface area contributed by atoms with Gasteiger partial charge in [0.05, 0.1) is 6.04 Å². The van der Waals surface area contributed by atoms with Crippen LogP contribution in [0.2, 0.25) is 0 Å². The first-order valence-corrected chi connectivity index (χ1v) is 11.9. The van der Waals surface area contributed by atoms with E-state index < -0.39 is 0 Å². The Labute approximate surface area is 190 Å². The molecule has 0 aliphatic carbocycles. The minimum Gasteiger partial charge on any atom is -0.339 e. The fourth-order valence-electron chi connectivity index (χ4n) is 5.38. The van der Waals surface area contributed by atoms with Crippen molar-refractivity contribution >= 4 is 5.91 Å². The second kappa shape index (κ2) is 9.70. The number of likely N-dealkylation sites (tertiary alicyclic amines) is 1. The third-order valence-corrected chi connectivity index (χ3v) is 7.07. The summed E-state index contributed by atoms with van der Waals surface area (Å²) in [5.74, 6) is 1.89. The van der Waals surface area contributed by atoms with Crippen molar-refractivity contribution in [2.24, 2.45) is 5.92 Å². The molecule has 1 aromatic heterocycles. The minimum atomic E-state index is 0.160. The number of carbonyl (C=O) groups excluding carboxylic acids is 1. The third kappa shape index (κ3) is 4.49. The van der Waals surface area contributed by atoms with E-state index in [1.807, 2.05) is 41.4 Å². The smallest absolute Gasteiger partial charge is 0.253 e. The van der Waals surface area contributed by atoms with Crippen LogP contribution < -0.4 is 0 Å². The van der Waals surface area contributed by atoms with E-state index in [-0.39, 0.29) is 5.91 Å². The fourth-order valence-corrected chi connectivity index (χ4v) is 5.38. The molecule has 1 atom stereocenters. The summed E-state index contributed by atoms with van der Waals surface area (Å²) in [5, 5.41) is 0. The van der Waals surface area contributed by atoms with Gasteiger partial charge in [-0.15, -0.1) is 0 Å². The van der Waals surface area contributed by atoms with E-state index >= 15 is 0 Å². The molecule has 0 spiro atoms. The number of fused-ring (bicyclic) bond motifs is 1. The van der Waals surface area contributed by atoms with Crippen molar-refractivity contribution in [3.05, 3.63) is 90.0 Å². The van der Waals surface area contributed by atoms with E-state index in [0.717, 1.165) is 64.0 Å². The van der Waals surface area contributed by atoms with Crippen LogP contribution in [0, 0.1) is 5.92 Å². The van der Waals surface area contributed by atoms with E-state index in [1.165, 1.54) is 11.4 Å². The van der Waals surface area contributed by atoms with Gasteiger partial charge in [0.2, 0.25) is 0 Å². The van der Waals surface area contributed by atoms with Gasteiger partial charge >= 0.3 is 0 Å². The van der Waals surface area contributed by atoms with Crippen LogP contribution in [0.1, 0.15) is 47.1 Å². The van der Waals surface area contributed by atoms with Gasteiger partial charge in [0.1, 0.15) is 5.82 Å². The van der Waals surface area contributed by atoms with Gasteiger partial charge in [0.25, 0.3) is 5.91 Å². The van der Waals surface area contributed by atoms with Crippen molar-refractivity contribution in [1.29, 1.82) is 0 Å². The fraction of sp³-hybridized carbons (Fsp3) is 0.407. The highest BCUT2D eigenvalue weighted by molar-refractivity contribution is 5.94. The summed E-state index contributed by atoms with van der Waals surface area (Å²) >= 11 is 0. The Kier molecular flexibility index (Phi) is 6.35. The number of nitrogens with zero attached hydrogens (tertiary/aromatic N) is 4. The van der Waals surface area contributed by atoms with Gasteiger partial charge in [-0.1, -0.05) is 48.5 Å². The van der Waals surface area contributed by atoms with Crippen molar-refractivity contribution in [2.75, 3.05) is 26.2 Å². The molecule has 1 unspecified atom stereocenters. The second-order valence-corrected chi connectivity index (χ2v) is 9.04. The lowest BCUT2D eigenvalue weighted by Gasteiger charge is -2.40. The molecular weight excluding hydrogens is 396 g/mol.